The van der Waals surface area contributed by atoms with Crippen molar-refractivity contribution in [2.24, 2.45) is 5.10 Å². The molecule has 1 unspecified atom stereocenters. The average Bonchev–Trinajstić information content (AvgIpc) is 2.69. The van der Waals surface area contributed by atoms with Crippen molar-refractivity contribution in [3.8, 4) is 5.88 Å². The lowest BCUT2D eigenvalue weighted by Crippen LogP contribution is -2.19. The highest BCUT2D eigenvalue weighted by Crippen LogP contribution is 2.32. The molecule has 1 atom stereocenters. The first kappa shape index (κ1) is 14.3. The molecule has 1 aliphatic rings. The summed E-state index contributed by atoms with van der Waals surface area (Å²) in [4.78, 5) is 14.4. The normalized spacial score (nSPS) is 18.9. The third-order valence-electron chi connectivity index (χ3n) is 2.98. The van der Waals surface area contributed by atoms with Gasteiger partial charge in [-0.25, -0.2) is 4.98 Å². The molecule has 5 nitrogen and oxygen atoms in total. The smallest absolute Gasteiger partial charge is 0.388 e. The molecule has 0 fully saturated rings. The van der Waals surface area contributed by atoms with Gasteiger partial charge in [0.1, 0.15) is 5.71 Å². The second kappa shape index (κ2) is 5.10. The van der Waals surface area contributed by atoms with E-state index >= 15 is 0 Å². The van der Waals surface area contributed by atoms with Gasteiger partial charge >= 0.3 is 6.36 Å². The number of nitrogens with zero attached hydrogens (tertiary/aromatic N) is 3. The molecule has 20 heavy (non-hydrogen) atoms. The lowest BCUT2D eigenvalue weighted by atomic mass is 10.00. The van der Waals surface area contributed by atoms with E-state index in [0.29, 0.717) is 29.5 Å². The van der Waals surface area contributed by atoms with Crippen LogP contribution >= 0.6 is 0 Å². The van der Waals surface area contributed by atoms with Crippen molar-refractivity contribution in [3.05, 3.63) is 23.4 Å². The van der Waals surface area contributed by atoms with Crippen molar-refractivity contribution in [2.45, 2.75) is 25.7 Å². The minimum absolute atomic E-state index is 0.206. The van der Waals surface area contributed by atoms with E-state index in [1.54, 1.807) is 19.0 Å². The van der Waals surface area contributed by atoms with E-state index in [1.165, 1.54) is 12.3 Å². The highest BCUT2D eigenvalue weighted by molar-refractivity contribution is 6.28. The Bertz CT molecular complexity index is 557. The van der Waals surface area contributed by atoms with Gasteiger partial charge in [0, 0.05) is 25.7 Å². The third-order valence-corrected chi connectivity index (χ3v) is 2.98. The van der Waals surface area contributed by atoms with E-state index in [-0.39, 0.29) is 6.04 Å². The maximum absolute atomic E-state index is 12.1. The molecule has 0 amide bonds. The molecule has 1 aliphatic heterocycles. The fraction of sp³-hybridized carbons (Fsp3) is 0.417. The van der Waals surface area contributed by atoms with Crippen LogP contribution in [0, 0.1) is 6.92 Å². The zero-order valence-electron chi connectivity index (χ0n) is 10.8. The van der Waals surface area contributed by atoms with E-state index in [2.05, 4.69) is 14.8 Å². The van der Waals surface area contributed by atoms with Crippen molar-refractivity contribution in [3.63, 3.8) is 0 Å². The Kier molecular flexibility index (Phi) is 3.65. The number of carbonyl (C=O) groups excluding carboxylic acids is 1. The molecule has 0 aliphatic carbocycles. The molecule has 2 rings (SSSR count). The van der Waals surface area contributed by atoms with Crippen LogP contribution in [0.2, 0.25) is 0 Å². The molecule has 0 spiro atoms. The van der Waals surface area contributed by atoms with Crippen molar-refractivity contribution >= 4 is 12.0 Å². The number of pyridine rings is 1. The van der Waals surface area contributed by atoms with Gasteiger partial charge in [0.05, 0.1) is 6.04 Å². The second-order valence-electron chi connectivity index (χ2n) is 4.43. The molecular formula is C12H12F3N3O2. The first-order valence-electron chi connectivity index (χ1n) is 5.78. The van der Waals surface area contributed by atoms with Gasteiger partial charge in [0.15, 0.2) is 6.29 Å². The van der Waals surface area contributed by atoms with Crippen LogP contribution in [-0.2, 0) is 4.79 Å². The first-order valence-corrected chi connectivity index (χ1v) is 5.78. The lowest BCUT2D eigenvalue weighted by Gasteiger charge is -2.21. The van der Waals surface area contributed by atoms with Gasteiger partial charge in [-0.15, -0.1) is 13.2 Å². The summed E-state index contributed by atoms with van der Waals surface area (Å²) >= 11 is 0. The molecule has 0 saturated heterocycles. The van der Waals surface area contributed by atoms with Gasteiger partial charge in [-0.3, -0.25) is 9.80 Å². The second-order valence-corrected chi connectivity index (χ2v) is 4.43. The monoisotopic (exact) mass is 287 g/mol. The van der Waals surface area contributed by atoms with Crippen molar-refractivity contribution in [2.75, 3.05) is 7.05 Å². The quantitative estimate of drug-likeness (QED) is 0.800. The molecule has 0 radical (unpaired) electrons. The number of rotatable bonds is 3. The van der Waals surface area contributed by atoms with E-state index in [0.717, 1.165) is 0 Å². The van der Waals surface area contributed by atoms with Crippen LogP contribution in [0.15, 0.2) is 17.4 Å². The number of carbonyl (C=O) groups is 1. The largest absolute Gasteiger partial charge is 0.574 e. The molecule has 8 heteroatoms. The Hall–Kier alpha value is -2.12. The van der Waals surface area contributed by atoms with Crippen LogP contribution in [0.4, 0.5) is 13.2 Å². The third kappa shape index (κ3) is 3.06. The summed E-state index contributed by atoms with van der Waals surface area (Å²) in [6.45, 7) is 1.66. The summed E-state index contributed by atoms with van der Waals surface area (Å²) in [6.07, 6.45) is -2.37. The first-order chi connectivity index (χ1) is 9.30. The Morgan fingerprint density at radius 2 is 2.20 bits per heavy atom. The predicted octanol–water partition coefficient (Wildman–Crippen LogP) is 2.22. The molecule has 0 bridgehead atoms. The number of halogens is 3. The summed E-state index contributed by atoms with van der Waals surface area (Å²) in [6, 6.07) is 1.01. The van der Waals surface area contributed by atoms with Crippen molar-refractivity contribution in [1.82, 2.24) is 9.99 Å². The number of alkyl halides is 3. The van der Waals surface area contributed by atoms with E-state index in [9.17, 15) is 18.0 Å². The van der Waals surface area contributed by atoms with Gasteiger partial charge < -0.3 is 4.74 Å². The highest BCUT2D eigenvalue weighted by atomic mass is 19.4. The maximum Gasteiger partial charge on any atom is 0.574 e. The van der Waals surface area contributed by atoms with Crippen molar-refractivity contribution in [1.29, 1.82) is 0 Å². The van der Waals surface area contributed by atoms with Crippen LogP contribution in [0.1, 0.15) is 23.6 Å². The van der Waals surface area contributed by atoms with Gasteiger partial charge in [-0.05, 0) is 18.1 Å². The number of hydrazone groups is 1. The number of aryl methyl sites for hydroxylation is 1. The standard InChI is InChI=1S/C12H12F3N3O2/c1-7-3-11(20-12(13,14)15)16-5-9(7)10-4-8(6-19)17-18(10)2/h3,5-6,10H,4H2,1-2H3. The zero-order valence-corrected chi connectivity index (χ0v) is 10.8. The van der Waals surface area contributed by atoms with E-state index in [4.69, 9.17) is 0 Å². The summed E-state index contributed by atoms with van der Waals surface area (Å²) in [5.41, 5.74) is 1.70. The van der Waals surface area contributed by atoms with Gasteiger partial charge in [-0.2, -0.15) is 5.10 Å². The number of aldehydes is 1. The molecule has 1 aromatic rings. The fourth-order valence-electron chi connectivity index (χ4n) is 2.09. The molecule has 0 saturated carbocycles. The topological polar surface area (TPSA) is 54.8 Å². The van der Waals surface area contributed by atoms with E-state index in [1.807, 2.05) is 0 Å². The Morgan fingerprint density at radius 1 is 1.50 bits per heavy atom. The van der Waals surface area contributed by atoms with Crippen LogP contribution in [0.25, 0.3) is 0 Å². The summed E-state index contributed by atoms with van der Waals surface area (Å²) in [5, 5.41) is 5.63. The Morgan fingerprint density at radius 3 is 2.70 bits per heavy atom. The van der Waals surface area contributed by atoms with Crippen LogP contribution < -0.4 is 4.74 Å². The van der Waals surface area contributed by atoms with Gasteiger partial charge in [0.2, 0.25) is 5.88 Å². The van der Waals surface area contributed by atoms with Crippen LogP contribution in [0.3, 0.4) is 0 Å². The number of hydrogen-bond acceptors (Lipinski definition) is 5. The zero-order chi connectivity index (χ0) is 14.9. The van der Waals surface area contributed by atoms with Crippen LogP contribution in [-0.4, -0.2) is 35.4 Å². The van der Waals surface area contributed by atoms with Crippen LogP contribution in [0.5, 0.6) is 5.88 Å². The number of aromatic nitrogens is 1. The molecule has 0 N–H and O–H groups in total. The maximum atomic E-state index is 12.1. The Balaban J connectivity index is 2.21. The summed E-state index contributed by atoms with van der Waals surface area (Å²) in [5.74, 6) is -0.504. The highest BCUT2D eigenvalue weighted by Gasteiger charge is 2.32. The number of hydrogen-bond donors (Lipinski definition) is 0. The molecule has 1 aromatic heterocycles. The van der Waals surface area contributed by atoms with Crippen molar-refractivity contribution < 1.29 is 22.7 Å². The van der Waals surface area contributed by atoms with Gasteiger partial charge in [0.25, 0.3) is 0 Å². The minimum atomic E-state index is -4.76. The summed E-state index contributed by atoms with van der Waals surface area (Å²) in [7, 11) is 1.70. The summed E-state index contributed by atoms with van der Waals surface area (Å²) < 4.78 is 40.1. The fourth-order valence-corrected chi connectivity index (χ4v) is 2.09. The molecule has 0 aromatic carbocycles. The lowest BCUT2D eigenvalue weighted by molar-refractivity contribution is -0.276. The average molecular weight is 287 g/mol. The molecule has 108 valence electrons. The molecular weight excluding hydrogens is 275 g/mol. The van der Waals surface area contributed by atoms with Gasteiger partial charge in [-0.1, -0.05) is 0 Å². The SMILES string of the molecule is Cc1cc(OC(F)(F)F)ncc1C1CC(C=O)=NN1C. The molecule has 2 heterocycles. The predicted molar refractivity (Wildman–Crippen MR) is 64.3 cm³/mol. The Labute approximate surface area is 113 Å². The number of ether oxygens (including phenoxy) is 1. The minimum Gasteiger partial charge on any atom is -0.388 e. The van der Waals surface area contributed by atoms with E-state index < -0.39 is 12.2 Å².